The van der Waals surface area contributed by atoms with Crippen LogP contribution in [0.25, 0.3) is 0 Å². The minimum atomic E-state index is -2.92. The van der Waals surface area contributed by atoms with Crippen LogP contribution in [0.4, 0.5) is 14.5 Å². The van der Waals surface area contributed by atoms with Gasteiger partial charge in [0.1, 0.15) is 0 Å². The Balaban J connectivity index is 2.08. The number of hydrogen-bond acceptors (Lipinski definition) is 5. The molecule has 0 unspecified atom stereocenters. The van der Waals surface area contributed by atoms with Crippen LogP contribution in [-0.2, 0) is 13.1 Å². The number of rotatable bonds is 9. The molecular weight excluding hydrogens is 346 g/mol. The van der Waals surface area contributed by atoms with Gasteiger partial charge in [-0.15, -0.1) is 0 Å². The second kappa shape index (κ2) is 9.10. The Labute approximate surface area is 150 Å². The van der Waals surface area contributed by atoms with E-state index in [4.69, 9.17) is 4.74 Å². The zero-order chi connectivity index (χ0) is 19.1. The van der Waals surface area contributed by atoms with Crippen molar-refractivity contribution in [1.82, 2.24) is 4.90 Å². The van der Waals surface area contributed by atoms with Gasteiger partial charge in [0, 0.05) is 25.2 Å². The van der Waals surface area contributed by atoms with E-state index in [0.29, 0.717) is 19.7 Å². The number of alkyl halides is 2. The molecule has 2 aromatic carbocycles. The van der Waals surface area contributed by atoms with Crippen molar-refractivity contribution in [2.24, 2.45) is 0 Å². The van der Waals surface area contributed by atoms with Crippen LogP contribution in [0.2, 0.25) is 0 Å². The van der Waals surface area contributed by atoms with Crippen molar-refractivity contribution in [3.05, 3.63) is 63.7 Å². The number of ether oxygens (including phenoxy) is 2. The molecule has 140 valence electrons. The van der Waals surface area contributed by atoms with E-state index >= 15 is 0 Å². The van der Waals surface area contributed by atoms with Gasteiger partial charge in [-0.1, -0.05) is 18.2 Å². The summed E-state index contributed by atoms with van der Waals surface area (Å²) >= 11 is 0. The van der Waals surface area contributed by atoms with Crippen molar-refractivity contribution in [1.29, 1.82) is 0 Å². The van der Waals surface area contributed by atoms with Crippen LogP contribution in [0, 0.1) is 10.1 Å². The first-order valence-electron chi connectivity index (χ1n) is 8.01. The Morgan fingerprint density at radius 3 is 2.42 bits per heavy atom. The third-order valence-corrected chi connectivity index (χ3v) is 3.55. The van der Waals surface area contributed by atoms with Crippen molar-refractivity contribution < 1.29 is 23.2 Å². The standard InChI is InChI=1S/C18H20F2N2O4/c1-3-25-17-10-14(7-8-16(17)26-18(19)20)12-21(2)11-13-5-4-6-15(9-13)22(23)24/h4-10,18H,3,11-12H2,1-2H3. The second-order valence-corrected chi connectivity index (χ2v) is 5.69. The zero-order valence-electron chi connectivity index (χ0n) is 14.5. The number of hydrogen-bond donors (Lipinski definition) is 0. The predicted molar refractivity (Wildman–Crippen MR) is 92.5 cm³/mol. The van der Waals surface area contributed by atoms with Gasteiger partial charge in [0.25, 0.3) is 5.69 Å². The van der Waals surface area contributed by atoms with Gasteiger partial charge in [0.2, 0.25) is 0 Å². The minimum Gasteiger partial charge on any atom is -0.490 e. The molecule has 0 fully saturated rings. The van der Waals surface area contributed by atoms with E-state index in [9.17, 15) is 18.9 Å². The largest absolute Gasteiger partial charge is 0.490 e. The molecule has 0 aliphatic carbocycles. The number of benzene rings is 2. The molecule has 0 aliphatic rings. The molecule has 0 heterocycles. The highest BCUT2D eigenvalue weighted by Gasteiger charge is 2.13. The Bertz CT molecular complexity index is 756. The van der Waals surface area contributed by atoms with Gasteiger partial charge in [-0.3, -0.25) is 15.0 Å². The number of non-ortho nitro benzene ring substituents is 1. The van der Waals surface area contributed by atoms with E-state index < -0.39 is 11.5 Å². The average Bonchev–Trinajstić information content (AvgIpc) is 2.57. The molecule has 0 saturated carbocycles. The van der Waals surface area contributed by atoms with Crippen LogP contribution in [0.1, 0.15) is 18.1 Å². The summed E-state index contributed by atoms with van der Waals surface area (Å²) in [5.41, 5.74) is 1.70. The van der Waals surface area contributed by atoms with Crippen molar-refractivity contribution >= 4 is 5.69 Å². The molecule has 2 rings (SSSR count). The highest BCUT2D eigenvalue weighted by Crippen LogP contribution is 2.30. The Morgan fingerprint density at radius 2 is 1.81 bits per heavy atom. The minimum absolute atomic E-state index is 0.00747. The summed E-state index contributed by atoms with van der Waals surface area (Å²) in [6.45, 7) is 0.176. The maximum absolute atomic E-state index is 12.4. The summed E-state index contributed by atoms with van der Waals surface area (Å²) in [6, 6.07) is 11.2. The van der Waals surface area contributed by atoms with Gasteiger partial charge in [-0.25, -0.2) is 0 Å². The first kappa shape index (κ1) is 19.6. The third-order valence-electron chi connectivity index (χ3n) is 3.55. The van der Waals surface area contributed by atoms with Gasteiger partial charge in [-0.2, -0.15) is 8.78 Å². The van der Waals surface area contributed by atoms with Crippen molar-refractivity contribution in [3.63, 3.8) is 0 Å². The van der Waals surface area contributed by atoms with E-state index in [1.54, 1.807) is 25.1 Å². The Hall–Kier alpha value is -2.74. The summed E-state index contributed by atoms with van der Waals surface area (Å²) in [4.78, 5) is 12.4. The molecule has 0 aliphatic heterocycles. The molecule has 0 N–H and O–H groups in total. The molecule has 0 saturated heterocycles. The van der Waals surface area contributed by atoms with Crippen LogP contribution >= 0.6 is 0 Å². The van der Waals surface area contributed by atoms with Crippen LogP contribution < -0.4 is 9.47 Å². The van der Waals surface area contributed by atoms with Crippen LogP contribution in [0.15, 0.2) is 42.5 Å². The fraction of sp³-hybridized carbons (Fsp3) is 0.333. The van der Waals surface area contributed by atoms with Gasteiger partial charge in [-0.05, 0) is 37.2 Å². The SMILES string of the molecule is CCOc1cc(CN(C)Cc2cccc([N+](=O)[O-])c2)ccc1OC(F)F. The first-order chi connectivity index (χ1) is 12.4. The summed E-state index contributed by atoms with van der Waals surface area (Å²) in [5, 5.41) is 10.9. The Morgan fingerprint density at radius 1 is 1.12 bits per heavy atom. The third kappa shape index (κ3) is 5.66. The predicted octanol–water partition coefficient (Wildman–Crippen LogP) is 4.23. The van der Waals surface area contributed by atoms with E-state index in [0.717, 1.165) is 11.1 Å². The van der Waals surface area contributed by atoms with E-state index in [1.165, 1.54) is 18.2 Å². The molecular formula is C18H20F2N2O4. The maximum Gasteiger partial charge on any atom is 0.387 e. The smallest absolute Gasteiger partial charge is 0.387 e. The molecule has 8 heteroatoms. The van der Waals surface area contributed by atoms with E-state index in [2.05, 4.69) is 4.74 Å². The molecule has 0 atom stereocenters. The monoisotopic (exact) mass is 366 g/mol. The summed E-state index contributed by atoms with van der Waals surface area (Å²) in [7, 11) is 1.86. The maximum atomic E-state index is 12.4. The quantitative estimate of drug-likeness (QED) is 0.491. The molecule has 26 heavy (non-hydrogen) atoms. The van der Waals surface area contributed by atoms with Crippen molar-refractivity contribution in [2.75, 3.05) is 13.7 Å². The number of nitrogens with zero attached hydrogens (tertiary/aromatic N) is 2. The fourth-order valence-electron chi connectivity index (χ4n) is 2.56. The van der Waals surface area contributed by atoms with Crippen LogP contribution in [-0.4, -0.2) is 30.1 Å². The average molecular weight is 366 g/mol. The number of halogens is 2. The highest BCUT2D eigenvalue weighted by molar-refractivity contribution is 5.43. The molecule has 2 aromatic rings. The summed E-state index contributed by atoms with van der Waals surface area (Å²) in [5.74, 6) is 0.251. The van der Waals surface area contributed by atoms with Crippen LogP contribution in [0.5, 0.6) is 11.5 Å². The van der Waals surface area contributed by atoms with E-state index in [-0.39, 0.29) is 17.2 Å². The zero-order valence-corrected chi connectivity index (χ0v) is 14.5. The van der Waals surface area contributed by atoms with Crippen molar-refractivity contribution in [3.8, 4) is 11.5 Å². The normalized spacial score (nSPS) is 11.0. The van der Waals surface area contributed by atoms with Crippen molar-refractivity contribution in [2.45, 2.75) is 26.6 Å². The van der Waals surface area contributed by atoms with Gasteiger partial charge in [0.15, 0.2) is 11.5 Å². The topological polar surface area (TPSA) is 64.8 Å². The van der Waals surface area contributed by atoms with Gasteiger partial charge in [0.05, 0.1) is 11.5 Å². The summed E-state index contributed by atoms with van der Waals surface area (Å²) < 4.78 is 34.7. The lowest BCUT2D eigenvalue weighted by Gasteiger charge is -2.18. The number of nitro groups is 1. The molecule has 0 amide bonds. The van der Waals surface area contributed by atoms with Gasteiger partial charge < -0.3 is 9.47 Å². The molecule has 0 aromatic heterocycles. The molecule has 0 radical (unpaired) electrons. The molecule has 0 spiro atoms. The number of nitro benzene ring substituents is 1. The van der Waals surface area contributed by atoms with E-state index in [1.807, 2.05) is 18.0 Å². The lowest BCUT2D eigenvalue weighted by molar-refractivity contribution is -0.384. The Kier molecular flexibility index (Phi) is 6.85. The second-order valence-electron chi connectivity index (χ2n) is 5.69. The lowest BCUT2D eigenvalue weighted by atomic mass is 10.1. The lowest BCUT2D eigenvalue weighted by Crippen LogP contribution is -2.17. The highest BCUT2D eigenvalue weighted by atomic mass is 19.3. The first-order valence-corrected chi connectivity index (χ1v) is 8.01. The molecule has 6 nitrogen and oxygen atoms in total. The fourth-order valence-corrected chi connectivity index (χ4v) is 2.56. The molecule has 0 bridgehead atoms. The summed E-state index contributed by atoms with van der Waals surface area (Å²) in [6.07, 6.45) is 0. The van der Waals surface area contributed by atoms with Gasteiger partial charge >= 0.3 is 6.61 Å². The van der Waals surface area contributed by atoms with Crippen LogP contribution in [0.3, 0.4) is 0 Å².